The van der Waals surface area contributed by atoms with Crippen molar-refractivity contribution in [3.63, 3.8) is 0 Å². The summed E-state index contributed by atoms with van der Waals surface area (Å²) in [6, 6.07) is 4.63. The van der Waals surface area contributed by atoms with Crippen molar-refractivity contribution in [2.75, 3.05) is 6.54 Å². The van der Waals surface area contributed by atoms with E-state index in [0.29, 0.717) is 16.6 Å². The predicted octanol–water partition coefficient (Wildman–Crippen LogP) is 2.31. The Labute approximate surface area is 115 Å². The highest BCUT2D eigenvalue weighted by molar-refractivity contribution is 6.35. The third-order valence-corrected chi connectivity index (χ3v) is 3.45. The Bertz CT molecular complexity index is 456. The maximum Gasteiger partial charge on any atom is 0.237 e. The van der Waals surface area contributed by atoms with Gasteiger partial charge in [0.15, 0.2) is 0 Å². The monoisotopic (exact) mass is 290 g/mol. The second-order valence-electron chi connectivity index (χ2n) is 4.25. The van der Waals surface area contributed by atoms with Gasteiger partial charge in [-0.15, -0.1) is 0 Å². The molecule has 1 heterocycles. The Morgan fingerprint density at radius 2 is 2.28 bits per heavy atom. The Hall–Kier alpha value is -0.840. The molecule has 6 heteroatoms. The van der Waals surface area contributed by atoms with Gasteiger partial charge >= 0.3 is 0 Å². The fourth-order valence-electron chi connectivity index (χ4n) is 1.86. The second kappa shape index (κ2) is 5.87. The third-order valence-electron chi connectivity index (χ3n) is 2.86. The summed E-state index contributed by atoms with van der Waals surface area (Å²) in [7, 11) is 0. The number of carbonyl (C=O) groups excluding carboxylic acids is 1. The van der Waals surface area contributed by atoms with E-state index < -0.39 is 12.2 Å². The summed E-state index contributed by atoms with van der Waals surface area (Å²) in [6.07, 6.45) is -0.722. The highest BCUT2D eigenvalue weighted by Gasteiger charge is 2.28. The molecule has 1 amide bonds. The molecule has 1 aromatic rings. The van der Waals surface area contributed by atoms with Gasteiger partial charge in [0.1, 0.15) is 6.17 Å². The van der Waals surface area contributed by atoms with E-state index in [0.717, 1.165) is 5.56 Å². The van der Waals surface area contributed by atoms with Crippen LogP contribution in [-0.4, -0.2) is 24.7 Å². The van der Waals surface area contributed by atoms with Gasteiger partial charge in [-0.05, 0) is 17.7 Å². The molecule has 0 saturated carbocycles. The molecule has 0 bridgehead atoms. The number of hydrogen-bond acceptors (Lipinski definition) is 2. The van der Waals surface area contributed by atoms with Gasteiger partial charge in [0.2, 0.25) is 5.91 Å². The molecule has 1 saturated heterocycles. The number of halogens is 3. The number of benzene rings is 1. The van der Waals surface area contributed by atoms with Gasteiger partial charge in [0.05, 0.1) is 6.04 Å². The largest absolute Gasteiger partial charge is 0.351 e. The maximum absolute atomic E-state index is 12.9. The van der Waals surface area contributed by atoms with E-state index in [1.54, 1.807) is 18.2 Å². The molecule has 0 spiro atoms. The first-order valence-electron chi connectivity index (χ1n) is 5.65. The zero-order valence-electron chi connectivity index (χ0n) is 9.55. The van der Waals surface area contributed by atoms with E-state index in [1.807, 2.05) is 0 Å². The molecule has 0 unspecified atom stereocenters. The van der Waals surface area contributed by atoms with Crippen LogP contribution < -0.4 is 10.6 Å². The van der Waals surface area contributed by atoms with E-state index >= 15 is 0 Å². The molecule has 2 atom stereocenters. The van der Waals surface area contributed by atoms with Crippen molar-refractivity contribution in [3.05, 3.63) is 33.8 Å². The zero-order chi connectivity index (χ0) is 13.1. The molecule has 0 aliphatic carbocycles. The molecule has 1 aromatic carbocycles. The molecule has 1 fully saturated rings. The lowest BCUT2D eigenvalue weighted by molar-refractivity contribution is -0.123. The van der Waals surface area contributed by atoms with Crippen LogP contribution in [0.1, 0.15) is 12.0 Å². The minimum Gasteiger partial charge on any atom is -0.351 e. The molecule has 2 N–H and O–H groups in total. The molecule has 3 nitrogen and oxygen atoms in total. The van der Waals surface area contributed by atoms with Gasteiger partial charge in [-0.25, -0.2) is 4.39 Å². The minimum atomic E-state index is -0.945. The van der Waals surface area contributed by atoms with E-state index in [2.05, 4.69) is 10.6 Å². The lowest BCUT2D eigenvalue weighted by Gasteiger charge is -2.11. The maximum atomic E-state index is 12.9. The Balaban J connectivity index is 1.89. The van der Waals surface area contributed by atoms with Crippen molar-refractivity contribution >= 4 is 29.1 Å². The van der Waals surface area contributed by atoms with Gasteiger partial charge in [-0.1, -0.05) is 29.3 Å². The van der Waals surface area contributed by atoms with Crippen LogP contribution in [0.2, 0.25) is 10.0 Å². The SMILES string of the molecule is O=C(NCc1ccc(Cl)cc1Cl)[C@H]1C[C@H](F)CN1. The van der Waals surface area contributed by atoms with Crippen molar-refractivity contribution in [2.45, 2.75) is 25.2 Å². The van der Waals surface area contributed by atoms with Gasteiger partial charge < -0.3 is 10.6 Å². The van der Waals surface area contributed by atoms with Gasteiger partial charge in [0.25, 0.3) is 0 Å². The van der Waals surface area contributed by atoms with Crippen LogP contribution in [0.3, 0.4) is 0 Å². The Morgan fingerprint density at radius 3 is 2.89 bits per heavy atom. The lowest BCUT2D eigenvalue weighted by Crippen LogP contribution is -2.40. The number of rotatable bonds is 3. The standard InChI is InChI=1S/C12H13Cl2FN2O/c13-8-2-1-7(10(14)3-8)5-17-12(18)11-4-9(15)6-16-11/h1-3,9,11,16H,4-6H2,(H,17,18)/t9-,11+/m0/s1. The second-order valence-corrected chi connectivity index (χ2v) is 5.09. The molecule has 1 aliphatic heterocycles. The summed E-state index contributed by atoms with van der Waals surface area (Å²) in [5.41, 5.74) is 0.782. The van der Waals surface area contributed by atoms with Gasteiger partial charge in [-0.3, -0.25) is 4.79 Å². The molecule has 1 aliphatic rings. The van der Waals surface area contributed by atoms with E-state index in [9.17, 15) is 9.18 Å². The predicted molar refractivity (Wildman–Crippen MR) is 69.6 cm³/mol. The van der Waals surface area contributed by atoms with Crippen molar-refractivity contribution in [1.29, 1.82) is 0 Å². The van der Waals surface area contributed by atoms with Crippen LogP contribution in [0.25, 0.3) is 0 Å². The zero-order valence-corrected chi connectivity index (χ0v) is 11.1. The summed E-state index contributed by atoms with van der Waals surface area (Å²) < 4.78 is 12.9. The summed E-state index contributed by atoms with van der Waals surface area (Å²) in [6.45, 7) is 0.545. The van der Waals surface area contributed by atoms with Crippen LogP contribution >= 0.6 is 23.2 Å². The van der Waals surface area contributed by atoms with E-state index in [1.165, 1.54) is 0 Å². The summed E-state index contributed by atoms with van der Waals surface area (Å²) >= 11 is 11.8. The average molecular weight is 291 g/mol. The number of alkyl halides is 1. The number of nitrogens with one attached hydrogen (secondary N) is 2. The topological polar surface area (TPSA) is 41.1 Å². The number of hydrogen-bond donors (Lipinski definition) is 2. The number of carbonyl (C=O) groups is 1. The first-order valence-corrected chi connectivity index (χ1v) is 6.41. The summed E-state index contributed by atoms with van der Waals surface area (Å²) in [4.78, 5) is 11.7. The third kappa shape index (κ3) is 3.34. The smallest absolute Gasteiger partial charge is 0.237 e. The first kappa shape index (κ1) is 13.6. The quantitative estimate of drug-likeness (QED) is 0.897. The molecule has 2 rings (SSSR count). The summed E-state index contributed by atoms with van der Waals surface area (Å²) in [5.74, 6) is -0.207. The van der Waals surface area contributed by atoms with Crippen molar-refractivity contribution in [3.8, 4) is 0 Å². The number of amides is 1. The van der Waals surface area contributed by atoms with E-state index in [4.69, 9.17) is 23.2 Å². The highest BCUT2D eigenvalue weighted by atomic mass is 35.5. The fourth-order valence-corrected chi connectivity index (χ4v) is 2.34. The van der Waals surface area contributed by atoms with Crippen LogP contribution in [0.15, 0.2) is 18.2 Å². The van der Waals surface area contributed by atoms with Crippen molar-refractivity contribution < 1.29 is 9.18 Å². The van der Waals surface area contributed by atoms with Crippen LogP contribution in [-0.2, 0) is 11.3 Å². The van der Waals surface area contributed by atoms with Crippen LogP contribution in [0.5, 0.6) is 0 Å². The molecule has 18 heavy (non-hydrogen) atoms. The lowest BCUT2D eigenvalue weighted by atomic mass is 10.2. The Kier molecular flexibility index (Phi) is 4.43. The van der Waals surface area contributed by atoms with Crippen LogP contribution in [0, 0.1) is 0 Å². The first-order chi connectivity index (χ1) is 8.56. The summed E-state index contributed by atoms with van der Waals surface area (Å²) in [5, 5.41) is 6.61. The minimum absolute atomic E-state index is 0.207. The molecule has 0 radical (unpaired) electrons. The van der Waals surface area contributed by atoms with Gasteiger partial charge in [0, 0.05) is 29.6 Å². The highest BCUT2D eigenvalue weighted by Crippen LogP contribution is 2.20. The molecular weight excluding hydrogens is 278 g/mol. The van der Waals surface area contributed by atoms with Gasteiger partial charge in [-0.2, -0.15) is 0 Å². The van der Waals surface area contributed by atoms with Crippen molar-refractivity contribution in [1.82, 2.24) is 10.6 Å². The molecule has 0 aromatic heterocycles. The molecule has 98 valence electrons. The molecular formula is C12H13Cl2FN2O. The average Bonchev–Trinajstić information content (AvgIpc) is 2.74. The van der Waals surface area contributed by atoms with Crippen molar-refractivity contribution in [2.24, 2.45) is 0 Å². The van der Waals surface area contributed by atoms with Crippen LogP contribution in [0.4, 0.5) is 4.39 Å². The van der Waals surface area contributed by atoms with E-state index in [-0.39, 0.29) is 18.9 Å². The fraction of sp³-hybridized carbons (Fsp3) is 0.417. The Morgan fingerprint density at radius 1 is 1.50 bits per heavy atom. The normalized spacial score (nSPS) is 23.1.